The summed E-state index contributed by atoms with van der Waals surface area (Å²) in [5.74, 6) is -0.699. The Morgan fingerprint density at radius 1 is 1.36 bits per heavy atom. The molecule has 1 aromatic heterocycles. The Balaban J connectivity index is 1.84. The van der Waals surface area contributed by atoms with Crippen molar-refractivity contribution in [2.24, 2.45) is 0 Å². The normalized spacial score (nSPS) is 22.4. The van der Waals surface area contributed by atoms with Crippen LogP contribution in [0.4, 0.5) is 8.78 Å². The lowest BCUT2D eigenvalue weighted by Gasteiger charge is -2.21. The van der Waals surface area contributed by atoms with Gasteiger partial charge >= 0.3 is 0 Å². The molecule has 7 heteroatoms. The van der Waals surface area contributed by atoms with Crippen molar-refractivity contribution in [1.29, 1.82) is 0 Å². The van der Waals surface area contributed by atoms with E-state index in [1.807, 2.05) is 4.90 Å². The summed E-state index contributed by atoms with van der Waals surface area (Å²) in [4.78, 5) is 1.97. The van der Waals surface area contributed by atoms with Gasteiger partial charge in [-0.2, -0.15) is 0 Å². The minimum atomic E-state index is -0.842. The van der Waals surface area contributed by atoms with E-state index in [2.05, 4.69) is 10.2 Å². The average Bonchev–Trinajstić information content (AvgIpc) is 3.10. The van der Waals surface area contributed by atoms with Crippen LogP contribution in [0.3, 0.4) is 0 Å². The Hall–Kier alpha value is -1.86. The fraction of sp³-hybridized carbons (Fsp3) is 0.467. The molecule has 0 spiro atoms. The van der Waals surface area contributed by atoms with Gasteiger partial charge in [0, 0.05) is 32.7 Å². The lowest BCUT2D eigenvalue weighted by atomic mass is 10.1. The van der Waals surface area contributed by atoms with E-state index in [9.17, 15) is 8.78 Å². The van der Waals surface area contributed by atoms with Crippen molar-refractivity contribution in [2.45, 2.75) is 32.0 Å². The number of rotatable bonds is 4. The van der Waals surface area contributed by atoms with Crippen LogP contribution in [0.15, 0.2) is 22.6 Å². The van der Waals surface area contributed by atoms with Crippen molar-refractivity contribution in [2.75, 3.05) is 13.7 Å². The minimum absolute atomic E-state index is 0.00572. The van der Waals surface area contributed by atoms with Gasteiger partial charge < -0.3 is 9.15 Å². The highest BCUT2D eigenvalue weighted by atomic mass is 19.2. The second kappa shape index (κ2) is 6.10. The van der Waals surface area contributed by atoms with Crippen LogP contribution in [-0.4, -0.2) is 34.9 Å². The highest BCUT2D eigenvalue weighted by Crippen LogP contribution is 2.34. The zero-order valence-electron chi connectivity index (χ0n) is 12.4. The molecule has 2 heterocycles. The smallest absolute Gasteiger partial charge is 0.233 e. The lowest BCUT2D eigenvalue weighted by molar-refractivity contribution is 0.107. The molecule has 3 rings (SSSR count). The van der Waals surface area contributed by atoms with E-state index < -0.39 is 11.6 Å². The summed E-state index contributed by atoms with van der Waals surface area (Å²) in [6.07, 6.45) is 0.670. The molecule has 0 saturated carbocycles. The van der Waals surface area contributed by atoms with Gasteiger partial charge in [-0.3, -0.25) is 4.90 Å². The van der Waals surface area contributed by atoms with E-state index in [1.165, 1.54) is 6.07 Å². The van der Waals surface area contributed by atoms with Crippen LogP contribution < -0.4 is 0 Å². The SMILES string of the molecule is CO[C@H]1C[C@H](c2nnc(C)o2)N(Cc2cccc(F)c2F)C1. The first-order chi connectivity index (χ1) is 10.6. The standard InChI is InChI=1S/C15H17F2N3O2/c1-9-18-19-15(22-9)13-6-11(21-2)8-20(13)7-10-4-3-5-12(16)14(10)17/h3-5,11,13H,6-8H2,1-2H3/t11-,13+/m0/s1. The molecule has 1 fully saturated rings. The van der Waals surface area contributed by atoms with Gasteiger partial charge in [0.05, 0.1) is 12.1 Å². The molecule has 1 saturated heterocycles. The lowest BCUT2D eigenvalue weighted by Crippen LogP contribution is -2.25. The fourth-order valence-corrected chi connectivity index (χ4v) is 2.80. The number of hydrogen-bond donors (Lipinski definition) is 0. The van der Waals surface area contributed by atoms with Gasteiger partial charge in [0.2, 0.25) is 11.8 Å². The predicted molar refractivity (Wildman–Crippen MR) is 74.0 cm³/mol. The van der Waals surface area contributed by atoms with Crippen molar-refractivity contribution in [1.82, 2.24) is 15.1 Å². The first-order valence-electron chi connectivity index (χ1n) is 7.08. The van der Waals surface area contributed by atoms with E-state index >= 15 is 0 Å². The number of aryl methyl sites for hydroxylation is 1. The van der Waals surface area contributed by atoms with Crippen LogP contribution in [0.1, 0.15) is 29.8 Å². The van der Waals surface area contributed by atoms with Gasteiger partial charge in [-0.05, 0) is 12.5 Å². The maximum Gasteiger partial charge on any atom is 0.233 e. The summed E-state index contributed by atoms with van der Waals surface area (Å²) < 4.78 is 38.1. The van der Waals surface area contributed by atoms with Gasteiger partial charge in [-0.1, -0.05) is 12.1 Å². The van der Waals surface area contributed by atoms with Crippen LogP contribution >= 0.6 is 0 Å². The van der Waals surface area contributed by atoms with Crippen LogP contribution in [0, 0.1) is 18.6 Å². The number of ether oxygens (including phenoxy) is 1. The highest BCUT2D eigenvalue weighted by Gasteiger charge is 2.36. The van der Waals surface area contributed by atoms with Crippen LogP contribution in [0.25, 0.3) is 0 Å². The van der Waals surface area contributed by atoms with E-state index in [0.29, 0.717) is 30.3 Å². The number of nitrogens with zero attached hydrogens (tertiary/aromatic N) is 3. The summed E-state index contributed by atoms with van der Waals surface area (Å²) in [7, 11) is 1.63. The molecule has 0 unspecified atom stereocenters. The largest absolute Gasteiger partial charge is 0.424 e. The number of aromatic nitrogens is 2. The maximum absolute atomic E-state index is 13.9. The van der Waals surface area contributed by atoms with Gasteiger partial charge in [-0.25, -0.2) is 8.78 Å². The number of hydrogen-bond acceptors (Lipinski definition) is 5. The molecule has 1 aromatic carbocycles. The van der Waals surface area contributed by atoms with Crippen LogP contribution in [0.2, 0.25) is 0 Å². The van der Waals surface area contributed by atoms with Gasteiger partial charge in [0.25, 0.3) is 0 Å². The van der Waals surface area contributed by atoms with Crippen LogP contribution in [-0.2, 0) is 11.3 Å². The second-order valence-corrected chi connectivity index (χ2v) is 5.41. The number of likely N-dealkylation sites (tertiary alicyclic amines) is 1. The van der Waals surface area contributed by atoms with Crippen molar-refractivity contribution in [3.63, 3.8) is 0 Å². The van der Waals surface area contributed by atoms with E-state index in [1.54, 1.807) is 20.1 Å². The second-order valence-electron chi connectivity index (χ2n) is 5.41. The maximum atomic E-state index is 13.9. The topological polar surface area (TPSA) is 51.4 Å². The number of halogens is 2. The number of methoxy groups -OCH3 is 1. The highest BCUT2D eigenvalue weighted by molar-refractivity contribution is 5.19. The summed E-state index contributed by atoms with van der Waals surface area (Å²) >= 11 is 0. The van der Waals surface area contributed by atoms with Crippen molar-refractivity contribution >= 4 is 0 Å². The van der Waals surface area contributed by atoms with Crippen molar-refractivity contribution in [3.8, 4) is 0 Å². The third-order valence-electron chi connectivity index (χ3n) is 3.93. The monoisotopic (exact) mass is 309 g/mol. The van der Waals surface area contributed by atoms with E-state index in [4.69, 9.17) is 9.15 Å². The van der Waals surface area contributed by atoms with Gasteiger partial charge in [0.1, 0.15) is 0 Å². The van der Waals surface area contributed by atoms with Crippen LogP contribution in [0.5, 0.6) is 0 Å². The molecular weight excluding hydrogens is 292 g/mol. The molecule has 0 radical (unpaired) electrons. The zero-order valence-corrected chi connectivity index (χ0v) is 12.4. The molecule has 5 nitrogen and oxygen atoms in total. The molecule has 1 aliphatic heterocycles. The quantitative estimate of drug-likeness (QED) is 0.869. The minimum Gasteiger partial charge on any atom is -0.424 e. The van der Waals surface area contributed by atoms with E-state index in [0.717, 1.165) is 6.07 Å². The van der Waals surface area contributed by atoms with Crippen molar-refractivity contribution < 1.29 is 17.9 Å². The Morgan fingerprint density at radius 2 is 2.18 bits per heavy atom. The molecule has 0 amide bonds. The molecule has 0 N–H and O–H groups in total. The molecule has 0 aliphatic carbocycles. The first kappa shape index (κ1) is 15.1. The van der Waals surface area contributed by atoms with Crippen molar-refractivity contribution in [3.05, 3.63) is 47.2 Å². The average molecular weight is 309 g/mol. The molecule has 1 aliphatic rings. The fourth-order valence-electron chi connectivity index (χ4n) is 2.80. The summed E-state index contributed by atoms with van der Waals surface area (Å²) in [6.45, 7) is 2.57. The molecule has 118 valence electrons. The Kier molecular flexibility index (Phi) is 4.17. The van der Waals surface area contributed by atoms with Gasteiger partial charge in [0.15, 0.2) is 11.6 Å². The molecule has 22 heavy (non-hydrogen) atoms. The Labute approximate surface area is 126 Å². The first-order valence-corrected chi connectivity index (χ1v) is 7.08. The molecular formula is C15H17F2N3O2. The Bertz CT molecular complexity index is 662. The summed E-state index contributed by atoms with van der Waals surface area (Å²) in [5, 5.41) is 7.88. The zero-order chi connectivity index (χ0) is 15.7. The predicted octanol–water partition coefficient (Wildman–Crippen LogP) is 2.62. The third-order valence-corrected chi connectivity index (χ3v) is 3.93. The summed E-state index contributed by atoms with van der Waals surface area (Å²) in [5.41, 5.74) is 0.304. The Morgan fingerprint density at radius 3 is 2.86 bits per heavy atom. The molecule has 0 bridgehead atoms. The third kappa shape index (κ3) is 2.86. The number of benzene rings is 1. The molecule has 2 aromatic rings. The van der Waals surface area contributed by atoms with Gasteiger partial charge in [-0.15, -0.1) is 10.2 Å². The summed E-state index contributed by atoms with van der Waals surface area (Å²) in [6, 6.07) is 4.03. The van der Waals surface area contributed by atoms with E-state index in [-0.39, 0.29) is 18.7 Å². The molecule has 2 atom stereocenters.